The number of fused-ring (bicyclic) bond motifs is 1. The third-order valence-corrected chi connectivity index (χ3v) is 7.72. The molecule has 4 rings (SSSR count). The Kier molecular flexibility index (Phi) is 6.07. The lowest BCUT2D eigenvalue weighted by Crippen LogP contribution is -2.49. The number of aromatic nitrogens is 1. The second-order valence-electron chi connectivity index (χ2n) is 9.78. The third-order valence-electron chi connectivity index (χ3n) is 7.72. The molecule has 0 aromatic carbocycles. The molecule has 3 heterocycles. The van der Waals surface area contributed by atoms with Crippen LogP contribution >= 0.6 is 0 Å². The minimum atomic E-state index is -4.44. The molecule has 8 heteroatoms. The lowest BCUT2D eigenvalue weighted by atomic mass is 9.73. The van der Waals surface area contributed by atoms with Crippen molar-refractivity contribution in [1.82, 2.24) is 14.8 Å². The smallest absolute Gasteiger partial charge is 0.393 e. The van der Waals surface area contributed by atoms with E-state index in [-0.39, 0.29) is 24.5 Å². The average molecular weight is 440 g/mol. The van der Waals surface area contributed by atoms with Crippen molar-refractivity contribution in [3.8, 4) is 0 Å². The molecule has 2 aliphatic heterocycles. The average Bonchev–Trinajstić information content (AvgIpc) is 3.19. The van der Waals surface area contributed by atoms with Crippen LogP contribution < -0.4 is 0 Å². The number of rotatable bonds is 3. The van der Waals surface area contributed by atoms with Crippen molar-refractivity contribution in [1.29, 1.82) is 0 Å². The fourth-order valence-electron chi connectivity index (χ4n) is 5.65. The van der Waals surface area contributed by atoms with Crippen LogP contribution in [0.5, 0.6) is 0 Å². The number of carbonyl (C=O) groups excluding carboxylic acids is 1. The Labute approximate surface area is 181 Å². The molecular formula is C23H32F3N3O2. The molecular weight excluding hydrogens is 407 g/mol. The highest BCUT2D eigenvalue weighted by Crippen LogP contribution is 2.48. The zero-order chi connectivity index (χ0) is 22.4. The number of halogens is 3. The van der Waals surface area contributed by atoms with Crippen LogP contribution in [0.4, 0.5) is 13.2 Å². The SMILES string of the molecule is CC(C)C1(C(=O)N2CCc3ncc(C(F)(F)F)cc3C2)CCC(N2CCC(O)CC2)C1. The maximum atomic E-state index is 13.8. The Hall–Kier alpha value is -1.67. The molecule has 1 aromatic rings. The van der Waals surface area contributed by atoms with Crippen LogP contribution in [0, 0.1) is 11.3 Å². The Morgan fingerprint density at radius 1 is 1.23 bits per heavy atom. The first-order valence-corrected chi connectivity index (χ1v) is 11.4. The van der Waals surface area contributed by atoms with E-state index >= 15 is 0 Å². The van der Waals surface area contributed by atoms with Gasteiger partial charge in [-0.1, -0.05) is 13.8 Å². The Bertz CT molecular complexity index is 821. The summed E-state index contributed by atoms with van der Waals surface area (Å²) in [6, 6.07) is 1.48. The van der Waals surface area contributed by atoms with Gasteiger partial charge in [-0.2, -0.15) is 13.2 Å². The molecule has 0 bridgehead atoms. The highest BCUT2D eigenvalue weighted by atomic mass is 19.4. The van der Waals surface area contributed by atoms with Gasteiger partial charge in [-0.25, -0.2) is 0 Å². The van der Waals surface area contributed by atoms with E-state index in [9.17, 15) is 23.1 Å². The molecule has 2 atom stereocenters. The molecule has 0 radical (unpaired) electrons. The van der Waals surface area contributed by atoms with Crippen molar-refractivity contribution in [3.63, 3.8) is 0 Å². The second kappa shape index (κ2) is 8.35. The Morgan fingerprint density at radius 2 is 1.94 bits per heavy atom. The number of nitrogens with zero attached hydrogens (tertiary/aromatic N) is 3. The summed E-state index contributed by atoms with van der Waals surface area (Å²) in [4.78, 5) is 22.0. The van der Waals surface area contributed by atoms with E-state index in [1.54, 1.807) is 4.90 Å². The van der Waals surface area contributed by atoms with E-state index < -0.39 is 17.2 Å². The first-order chi connectivity index (χ1) is 14.6. The minimum absolute atomic E-state index is 0.0742. The number of hydrogen-bond acceptors (Lipinski definition) is 4. The number of alkyl halides is 3. The standard InChI is InChI=1S/C23H32F3N3O2/c1-15(2)22(7-3-18(12-22)28-8-4-19(30)5-9-28)21(31)29-10-6-20-16(14-29)11-17(13-27-20)23(24,25)26/h11,13,15,18-19,30H,3-10,12,14H2,1-2H3. The van der Waals surface area contributed by atoms with Crippen molar-refractivity contribution >= 4 is 5.91 Å². The highest BCUT2D eigenvalue weighted by molar-refractivity contribution is 5.83. The number of pyridine rings is 1. The number of hydrogen-bond donors (Lipinski definition) is 1. The largest absolute Gasteiger partial charge is 0.417 e. The first-order valence-electron chi connectivity index (χ1n) is 11.4. The molecule has 31 heavy (non-hydrogen) atoms. The van der Waals surface area contributed by atoms with Crippen molar-refractivity contribution in [2.75, 3.05) is 19.6 Å². The van der Waals surface area contributed by atoms with E-state index in [4.69, 9.17) is 0 Å². The van der Waals surface area contributed by atoms with Gasteiger partial charge in [0.1, 0.15) is 0 Å². The predicted molar refractivity (Wildman–Crippen MR) is 110 cm³/mol. The van der Waals surface area contributed by atoms with Crippen LogP contribution in [0.1, 0.15) is 62.8 Å². The van der Waals surface area contributed by atoms with Gasteiger partial charge in [0.05, 0.1) is 17.1 Å². The summed E-state index contributed by atoms with van der Waals surface area (Å²) in [5, 5.41) is 9.81. The van der Waals surface area contributed by atoms with Crippen molar-refractivity contribution < 1.29 is 23.1 Å². The zero-order valence-corrected chi connectivity index (χ0v) is 18.3. The van der Waals surface area contributed by atoms with Crippen LogP contribution in [-0.4, -0.2) is 57.6 Å². The number of aliphatic hydroxyl groups is 1. The normalized spacial score (nSPS) is 28.2. The topological polar surface area (TPSA) is 56.7 Å². The highest BCUT2D eigenvalue weighted by Gasteiger charge is 2.51. The van der Waals surface area contributed by atoms with Crippen LogP contribution in [0.2, 0.25) is 0 Å². The summed E-state index contributed by atoms with van der Waals surface area (Å²) in [5.74, 6) is 0.228. The number of amides is 1. The lowest BCUT2D eigenvalue weighted by Gasteiger charge is -2.40. The van der Waals surface area contributed by atoms with Gasteiger partial charge in [-0.05, 0) is 49.7 Å². The molecule has 3 aliphatic rings. The molecule has 1 aromatic heterocycles. The molecule has 1 amide bonds. The summed E-state index contributed by atoms with van der Waals surface area (Å²) < 4.78 is 39.4. The van der Waals surface area contributed by atoms with Gasteiger partial charge in [0.25, 0.3) is 0 Å². The van der Waals surface area contributed by atoms with E-state index in [2.05, 4.69) is 23.7 Å². The fourth-order valence-corrected chi connectivity index (χ4v) is 5.65. The molecule has 172 valence electrons. The van der Waals surface area contributed by atoms with Crippen molar-refractivity contribution in [2.24, 2.45) is 11.3 Å². The molecule has 2 unspecified atom stereocenters. The quantitative estimate of drug-likeness (QED) is 0.782. The van der Waals surface area contributed by atoms with Crippen molar-refractivity contribution in [2.45, 2.75) is 77.2 Å². The zero-order valence-electron chi connectivity index (χ0n) is 18.3. The summed E-state index contributed by atoms with van der Waals surface area (Å²) in [6.45, 7) is 6.58. The van der Waals surface area contributed by atoms with E-state index in [1.807, 2.05) is 0 Å². The van der Waals surface area contributed by atoms with Crippen molar-refractivity contribution in [3.05, 3.63) is 29.1 Å². The van der Waals surface area contributed by atoms with Gasteiger partial charge in [-0.15, -0.1) is 0 Å². The Balaban J connectivity index is 1.51. The predicted octanol–water partition coefficient (Wildman–Crippen LogP) is 3.64. The molecule has 0 spiro atoms. The summed E-state index contributed by atoms with van der Waals surface area (Å²) in [6.07, 6.45) is 0.800. The fraction of sp³-hybridized carbons (Fsp3) is 0.739. The maximum absolute atomic E-state index is 13.8. The Morgan fingerprint density at radius 3 is 2.58 bits per heavy atom. The monoisotopic (exact) mass is 439 g/mol. The summed E-state index contributed by atoms with van der Waals surface area (Å²) in [5.41, 5.74) is -0.0696. The van der Waals surface area contributed by atoms with Gasteiger partial charge >= 0.3 is 6.18 Å². The third kappa shape index (κ3) is 4.33. The molecule has 1 saturated carbocycles. The maximum Gasteiger partial charge on any atom is 0.417 e. The number of aliphatic hydroxyl groups excluding tert-OH is 1. The number of piperidine rings is 1. The molecule has 1 saturated heterocycles. The first kappa shape index (κ1) is 22.5. The van der Waals surface area contributed by atoms with E-state index in [0.29, 0.717) is 30.3 Å². The molecule has 2 fully saturated rings. The van der Waals surface area contributed by atoms with Crippen LogP contribution in [0.15, 0.2) is 12.3 Å². The van der Waals surface area contributed by atoms with Crippen LogP contribution in [0.3, 0.4) is 0 Å². The van der Waals surface area contributed by atoms with Gasteiger partial charge in [-0.3, -0.25) is 9.78 Å². The summed E-state index contributed by atoms with van der Waals surface area (Å²) >= 11 is 0. The second-order valence-corrected chi connectivity index (χ2v) is 9.78. The number of carbonyl (C=O) groups is 1. The summed E-state index contributed by atoms with van der Waals surface area (Å²) in [7, 11) is 0. The van der Waals surface area contributed by atoms with Gasteiger partial charge in [0.15, 0.2) is 0 Å². The van der Waals surface area contributed by atoms with Crippen LogP contribution in [-0.2, 0) is 23.9 Å². The molecule has 1 N–H and O–H groups in total. The van der Waals surface area contributed by atoms with Gasteiger partial charge < -0.3 is 14.9 Å². The molecule has 1 aliphatic carbocycles. The van der Waals surface area contributed by atoms with Gasteiger partial charge in [0, 0.05) is 50.5 Å². The van der Waals surface area contributed by atoms with Crippen LogP contribution in [0.25, 0.3) is 0 Å². The van der Waals surface area contributed by atoms with Gasteiger partial charge in [0.2, 0.25) is 5.91 Å². The van der Waals surface area contributed by atoms with E-state index in [0.717, 1.165) is 57.5 Å². The lowest BCUT2D eigenvalue weighted by molar-refractivity contribution is -0.146. The minimum Gasteiger partial charge on any atom is -0.393 e. The number of likely N-dealkylation sites (tertiary alicyclic amines) is 1. The van der Waals surface area contributed by atoms with E-state index in [1.165, 1.54) is 0 Å². The molecule has 5 nitrogen and oxygen atoms in total.